The Morgan fingerprint density at radius 2 is 2.23 bits per heavy atom. The average Bonchev–Trinajstić information content (AvgIpc) is 2.65. The van der Waals surface area contributed by atoms with Gasteiger partial charge in [-0.3, -0.25) is 0 Å². The summed E-state index contributed by atoms with van der Waals surface area (Å²) in [6, 6.07) is 4.10. The van der Waals surface area contributed by atoms with Crippen molar-refractivity contribution >= 4 is 10.9 Å². The lowest BCUT2D eigenvalue weighted by atomic mass is 10.1. The first-order valence-electron chi connectivity index (χ1n) is 4.23. The molecule has 0 bridgehead atoms. The van der Waals surface area contributed by atoms with Gasteiger partial charge in [-0.05, 0) is 17.2 Å². The van der Waals surface area contributed by atoms with Crippen molar-refractivity contribution in [3.05, 3.63) is 35.8 Å². The topological polar surface area (TPSA) is 35.0 Å². The predicted molar refractivity (Wildman–Crippen MR) is 48.0 cm³/mol. The van der Waals surface area contributed by atoms with E-state index in [2.05, 4.69) is 16.0 Å². The fourth-order valence-electron chi connectivity index (χ4n) is 1.73. The van der Waals surface area contributed by atoms with E-state index >= 15 is 0 Å². The van der Waals surface area contributed by atoms with E-state index in [1.54, 1.807) is 6.33 Å². The van der Waals surface area contributed by atoms with Gasteiger partial charge in [0.2, 0.25) is 0 Å². The quantitative estimate of drug-likeness (QED) is 0.606. The highest BCUT2D eigenvalue weighted by molar-refractivity contribution is 5.82. The third-order valence-corrected chi connectivity index (χ3v) is 2.40. The largest absolute Gasteiger partial charge is 0.372 e. The van der Waals surface area contributed by atoms with Gasteiger partial charge in [-0.2, -0.15) is 0 Å². The Hall–Kier alpha value is -1.48. The third-order valence-electron chi connectivity index (χ3n) is 2.40. The van der Waals surface area contributed by atoms with Crippen LogP contribution in [0.15, 0.2) is 24.7 Å². The molecule has 13 heavy (non-hydrogen) atoms. The molecule has 3 heteroatoms. The number of hydrogen-bond donors (Lipinski definition) is 0. The monoisotopic (exact) mass is 172 g/mol. The normalized spacial score (nSPS) is 14.8. The lowest BCUT2D eigenvalue weighted by Crippen LogP contribution is -1.88. The molecule has 3 rings (SSSR count). The second kappa shape index (κ2) is 2.50. The van der Waals surface area contributed by atoms with Crippen LogP contribution >= 0.6 is 0 Å². The SMILES string of the molecule is c1ncc2c3c(ccc2n1)COC3. The molecule has 0 amide bonds. The molecule has 0 atom stereocenters. The summed E-state index contributed by atoms with van der Waals surface area (Å²) < 4.78 is 5.37. The standard InChI is InChI=1S/C10H8N2O/c1-2-10-8(3-11-6-12-10)9-5-13-4-7(1)9/h1-3,6H,4-5H2. The summed E-state index contributed by atoms with van der Waals surface area (Å²) in [6.07, 6.45) is 3.43. The highest BCUT2D eigenvalue weighted by atomic mass is 16.5. The molecule has 1 aromatic carbocycles. The minimum Gasteiger partial charge on any atom is -0.372 e. The van der Waals surface area contributed by atoms with Crippen LogP contribution in [0.2, 0.25) is 0 Å². The van der Waals surface area contributed by atoms with E-state index in [1.807, 2.05) is 12.3 Å². The molecule has 2 aromatic rings. The summed E-state index contributed by atoms with van der Waals surface area (Å²) >= 11 is 0. The Morgan fingerprint density at radius 1 is 1.23 bits per heavy atom. The second-order valence-electron chi connectivity index (χ2n) is 3.15. The minimum atomic E-state index is 0.694. The van der Waals surface area contributed by atoms with Crippen molar-refractivity contribution in [1.29, 1.82) is 0 Å². The molecule has 0 radical (unpaired) electrons. The molecule has 0 aliphatic carbocycles. The molecule has 0 unspecified atom stereocenters. The number of hydrogen-bond acceptors (Lipinski definition) is 3. The van der Waals surface area contributed by atoms with Gasteiger partial charge in [-0.15, -0.1) is 0 Å². The van der Waals surface area contributed by atoms with Crippen molar-refractivity contribution < 1.29 is 4.74 Å². The van der Waals surface area contributed by atoms with Crippen LogP contribution in [-0.2, 0) is 18.0 Å². The highest BCUT2D eigenvalue weighted by Crippen LogP contribution is 2.26. The van der Waals surface area contributed by atoms with Crippen LogP contribution in [0.1, 0.15) is 11.1 Å². The van der Waals surface area contributed by atoms with Crippen LogP contribution in [-0.4, -0.2) is 9.97 Å². The van der Waals surface area contributed by atoms with Crippen LogP contribution in [0.4, 0.5) is 0 Å². The maximum absolute atomic E-state index is 5.37. The molecular weight excluding hydrogens is 164 g/mol. The molecule has 64 valence electrons. The summed E-state index contributed by atoms with van der Waals surface area (Å²) in [7, 11) is 0. The summed E-state index contributed by atoms with van der Waals surface area (Å²) in [5, 5.41) is 1.12. The number of benzene rings is 1. The molecule has 0 spiro atoms. The van der Waals surface area contributed by atoms with Gasteiger partial charge in [0.15, 0.2) is 0 Å². The van der Waals surface area contributed by atoms with Gasteiger partial charge in [0.25, 0.3) is 0 Å². The maximum Gasteiger partial charge on any atom is 0.116 e. The van der Waals surface area contributed by atoms with Gasteiger partial charge >= 0.3 is 0 Å². The zero-order valence-corrected chi connectivity index (χ0v) is 7.03. The molecular formula is C10H8N2O. The molecule has 1 aliphatic heterocycles. The molecule has 0 N–H and O–H groups in total. The third kappa shape index (κ3) is 0.939. The van der Waals surface area contributed by atoms with Crippen LogP contribution in [0.25, 0.3) is 10.9 Å². The maximum atomic E-state index is 5.37. The van der Waals surface area contributed by atoms with Crippen molar-refractivity contribution in [3.8, 4) is 0 Å². The van der Waals surface area contributed by atoms with Gasteiger partial charge in [0.05, 0.1) is 18.7 Å². The van der Waals surface area contributed by atoms with Gasteiger partial charge in [0, 0.05) is 11.6 Å². The van der Waals surface area contributed by atoms with Gasteiger partial charge in [0.1, 0.15) is 6.33 Å². The number of fused-ring (bicyclic) bond motifs is 3. The molecule has 1 aliphatic rings. The lowest BCUT2D eigenvalue weighted by molar-refractivity contribution is 0.135. The molecule has 3 nitrogen and oxygen atoms in total. The predicted octanol–water partition coefficient (Wildman–Crippen LogP) is 1.66. The fourth-order valence-corrected chi connectivity index (χ4v) is 1.73. The van der Waals surface area contributed by atoms with E-state index in [-0.39, 0.29) is 0 Å². The Morgan fingerprint density at radius 3 is 3.23 bits per heavy atom. The molecule has 1 aromatic heterocycles. The summed E-state index contributed by atoms with van der Waals surface area (Å²) in [4.78, 5) is 8.22. The number of nitrogens with zero attached hydrogens (tertiary/aromatic N) is 2. The number of rotatable bonds is 0. The summed E-state index contributed by atoms with van der Waals surface area (Å²) in [5.74, 6) is 0. The van der Waals surface area contributed by atoms with Crippen LogP contribution < -0.4 is 0 Å². The van der Waals surface area contributed by atoms with Gasteiger partial charge in [-0.25, -0.2) is 9.97 Å². The van der Waals surface area contributed by atoms with E-state index in [9.17, 15) is 0 Å². The number of ether oxygens (including phenoxy) is 1. The number of aromatic nitrogens is 2. The lowest BCUT2D eigenvalue weighted by Gasteiger charge is -2.00. The zero-order chi connectivity index (χ0) is 8.67. The van der Waals surface area contributed by atoms with Crippen molar-refractivity contribution in [2.45, 2.75) is 13.2 Å². The Balaban J connectivity index is 2.43. The molecule has 0 saturated carbocycles. The van der Waals surface area contributed by atoms with Gasteiger partial charge in [-0.1, -0.05) is 6.07 Å². The van der Waals surface area contributed by atoms with Crippen LogP contribution in [0.3, 0.4) is 0 Å². The Labute approximate surface area is 75.4 Å². The first-order valence-corrected chi connectivity index (χ1v) is 4.23. The van der Waals surface area contributed by atoms with E-state index < -0.39 is 0 Å². The van der Waals surface area contributed by atoms with E-state index in [0.29, 0.717) is 6.61 Å². The second-order valence-corrected chi connectivity index (χ2v) is 3.15. The smallest absolute Gasteiger partial charge is 0.116 e. The van der Waals surface area contributed by atoms with E-state index in [0.717, 1.165) is 17.5 Å². The van der Waals surface area contributed by atoms with Crippen LogP contribution in [0.5, 0.6) is 0 Å². The van der Waals surface area contributed by atoms with Gasteiger partial charge < -0.3 is 4.74 Å². The van der Waals surface area contributed by atoms with E-state index in [1.165, 1.54) is 11.1 Å². The molecule has 0 fully saturated rings. The molecule has 0 saturated heterocycles. The fraction of sp³-hybridized carbons (Fsp3) is 0.200. The Bertz CT molecular complexity index is 467. The zero-order valence-electron chi connectivity index (χ0n) is 7.03. The average molecular weight is 172 g/mol. The van der Waals surface area contributed by atoms with E-state index in [4.69, 9.17) is 4.74 Å². The molecule has 2 heterocycles. The first kappa shape index (κ1) is 6.97. The highest BCUT2D eigenvalue weighted by Gasteiger charge is 2.14. The van der Waals surface area contributed by atoms with Crippen LogP contribution in [0, 0.1) is 0 Å². The minimum absolute atomic E-state index is 0.694. The van der Waals surface area contributed by atoms with Crippen molar-refractivity contribution in [2.75, 3.05) is 0 Å². The first-order chi connectivity index (χ1) is 6.45. The Kier molecular flexibility index (Phi) is 1.34. The summed E-state index contributed by atoms with van der Waals surface area (Å²) in [5.41, 5.74) is 3.51. The van der Waals surface area contributed by atoms with Crippen molar-refractivity contribution in [2.24, 2.45) is 0 Å². The van der Waals surface area contributed by atoms with Crippen molar-refractivity contribution in [1.82, 2.24) is 9.97 Å². The summed E-state index contributed by atoms with van der Waals surface area (Å²) in [6.45, 7) is 1.42. The van der Waals surface area contributed by atoms with Crippen molar-refractivity contribution in [3.63, 3.8) is 0 Å².